The van der Waals surface area contributed by atoms with Crippen LogP contribution in [0.1, 0.15) is 56.6 Å². The Morgan fingerprint density at radius 3 is 1.80 bits per heavy atom. The number of benzene rings is 3. The van der Waals surface area contributed by atoms with E-state index in [-0.39, 0.29) is 42.5 Å². The molecule has 0 saturated carbocycles. The van der Waals surface area contributed by atoms with Gasteiger partial charge in [0.05, 0.1) is 9.79 Å². The van der Waals surface area contributed by atoms with Crippen molar-refractivity contribution < 1.29 is 21.6 Å². The van der Waals surface area contributed by atoms with E-state index in [1.165, 1.54) is 20.2 Å². The van der Waals surface area contributed by atoms with Gasteiger partial charge in [0, 0.05) is 44.8 Å². The number of carbonyl (C=O) groups excluding carboxylic acids is 1. The van der Waals surface area contributed by atoms with E-state index < -0.39 is 20.0 Å². The molecule has 0 unspecified atom stereocenters. The average Bonchev–Trinajstić information content (AvgIpc) is 3.03. The molecule has 5 rings (SSSR count). The molecule has 0 atom stereocenters. The number of nitrogens with zero attached hydrogens (tertiary/aromatic N) is 3. The molecule has 2 heterocycles. The Morgan fingerprint density at radius 1 is 0.659 bits per heavy atom. The standard InChI is InChI=1S/C34H43N3O5S2/c1-24-25(2)27(4)33(28(5)26(24)3)44(41,42)37-20-18-35(19-21-37)34(38)31-12-9-13-32(23-31)43(39,40)36-16-14-30(15-17-36)22-29-10-7-6-8-11-29/h6-13,23,30H,14-22H2,1-5H3. The number of sulfonamides is 2. The fourth-order valence-electron chi connectivity index (χ4n) is 6.54. The monoisotopic (exact) mass is 637 g/mol. The van der Waals surface area contributed by atoms with Crippen LogP contribution in [-0.2, 0) is 26.5 Å². The first-order valence-electron chi connectivity index (χ1n) is 15.3. The summed E-state index contributed by atoms with van der Waals surface area (Å²) in [5.74, 6) is 0.140. The van der Waals surface area contributed by atoms with Crippen LogP contribution in [0.2, 0.25) is 0 Å². The fourth-order valence-corrected chi connectivity index (χ4v) is 10.0. The largest absolute Gasteiger partial charge is 0.336 e. The molecule has 8 nitrogen and oxygen atoms in total. The van der Waals surface area contributed by atoms with Crippen LogP contribution in [0.3, 0.4) is 0 Å². The number of piperazine rings is 1. The maximum atomic E-state index is 13.8. The summed E-state index contributed by atoms with van der Waals surface area (Å²) in [5, 5.41) is 0. The summed E-state index contributed by atoms with van der Waals surface area (Å²) in [6, 6.07) is 16.5. The highest BCUT2D eigenvalue weighted by Crippen LogP contribution is 2.32. The van der Waals surface area contributed by atoms with Gasteiger partial charge in [-0.3, -0.25) is 4.79 Å². The van der Waals surface area contributed by atoms with Crippen molar-refractivity contribution in [3.05, 3.63) is 93.5 Å². The van der Waals surface area contributed by atoms with Crippen LogP contribution in [0.15, 0.2) is 64.4 Å². The van der Waals surface area contributed by atoms with E-state index in [0.29, 0.717) is 23.9 Å². The van der Waals surface area contributed by atoms with E-state index >= 15 is 0 Å². The first kappa shape index (κ1) is 32.3. The number of hydrogen-bond acceptors (Lipinski definition) is 5. The van der Waals surface area contributed by atoms with Crippen LogP contribution < -0.4 is 0 Å². The smallest absolute Gasteiger partial charge is 0.253 e. The van der Waals surface area contributed by atoms with Gasteiger partial charge in [0.25, 0.3) is 5.91 Å². The predicted molar refractivity (Wildman–Crippen MR) is 173 cm³/mol. The van der Waals surface area contributed by atoms with Gasteiger partial charge in [-0.25, -0.2) is 16.8 Å². The van der Waals surface area contributed by atoms with E-state index in [1.807, 2.05) is 52.8 Å². The van der Waals surface area contributed by atoms with E-state index in [4.69, 9.17) is 0 Å². The average molecular weight is 638 g/mol. The highest BCUT2D eigenvalue weighted by molar-refractivity contribution is 7.89. The second kappa shape index (κ2) is 12.7. The third-order valence-corrected chi connectivity index (χ3v) is 13.8. The lowest BCUT2D eigenvalue weighted by atomic mass is 9.91. The molecule has 1 amide bonds. The molecule has 2 saturated heterocycles. The SMILES string of the molecule is Cc1c(C)c(C)c(S(=O)(=O)N2CCN(C(=O)c3cccc(S(=O)(=O)N4CCC(Cc5ccccc5)CC4)c3)CC2)c(C)c1C. The molecule has 0 aliphatic carbocycles. The van der Waals surface area contributed by atoms with Gasteiger partial charge in [-0.15, -0.1) is 0 Å². The molecule has 2 aliphatic rings. The topological polar surface area (TPSA) is 95.1 Å². The molecule has 0 spiro atoms. The van der Waals surface area contributed by atoms with Gasteiger partial charge < -0.3 is 4.90 Å². The summed E-state index contributed by atoms with van der Waals surface area (Å²) in [6.45, 7) is 11.3. The van der Waals surface area contributed by atoms with E-state index in [1.54, 1.807) is 23.1 Å². The first-order valence-corrected chi connectivity index (χ1v) is 18.2. The summed E-state index contributed by atoms with van der Waals surface area (Å²) in [4.78, 5) is 15.6. The van der Waals surface area contributed by atoms with Crippen molar-refractivity contribution in [2.24, 2.45) is 5.92 Å². The van der Waals surface area contributed by atoms with Gasteiger partial charge in [-0.1, -0.05) is 36.4 Å². The molecule has 0 aromatic heterocycles. The molecule has 0 bridgehead atoms. The van der Waals surface area contributed by atoms with Crippen LogP contribution in [-0.4, -0.2) is 75.5 Å². The van der Waals surface area contributed by atoms with E-state index in [9.17, 15) is 21.6 Å². The Bertz CT molecular complexity index is 1730. The van der Waals surface area contributed by atoms with Crippen molar-refractivity contribution in [3.63, 3.8) is 0 Å². The first-order chi connectivity index (χ1) is 20.8. The van der Waals surface area contributed by atoms with Crippen LogP contribution in [0.25, 0.3) is 0 Å². The fraction of sp³-hybridized carbons (Fsp3) is 0.441. The Labute approximate surface area is 262 Å². The third-order valence-electron chi connectivity index (χ3n) is 9.71. The molecule has 10 heteroatoms. The van der Waals surface area contributed by atoms with Crippen molar-refractivity contribution in [2.45, 2.75) is 63.7 Å². The maximum absolute atomic E-state index is 13.8. The zero-order valence-electron chi connectivity index (χ0n) is 26.3. The molecule has 44 heavy (non-hydrogen) atoms. The van der Waals surface area contributed by atoms with Gasteiger partial charge in [-0.05, 0) is 111 Å². The normalized spacial score (nSPS) is 17.6. The molecule has 236 valence electrons. The molecule has 2 fully saturated rings. The predicted octanol–water partition coefficient (Wildman–Crippen LogP) is 5.02. The summed E-state index contributed by atoms with van der Waals surface area (Å²) in [6.07, 6.45) is 2.53. The van der Waals surface area contributed by atoms with Gasteiger partial charge in [-0.2, -0.15) is 8.61 Å². The molecular formula is C34H43N3O5S2. The highest BCUT2D eigenvalue weighted by atomic mass is 32.2. The minimum absolute atomic E-state index is 0.113. The molecule has 3 aromatic carbocycles. The Kier molecular flexibility index (Phi) is 9.37. The van der Waals surface area contributed by atoms with Gasteiger partial charge >= 0.3 is 0 Å². The molecule has 3 aromatic rings. The lowest BCUT2D eigenvalue weighted by Gasteiger charge is -2.35. The second-order valence-corrected chi connectivity index (χ2v) is 16.0. The van der Waals surface area contributed by atoms with Crippen LogP contribution in [0.4, 0.5) is 0 Å². The van der Waals surface area contributed by atoms with Crippen molar-refractivity contribution in [1.82, 2.24) is 13.5 Å². The van der Waals surface area contributed by atoms with Crippen molar-refractivity contribution >= 4 is 26.0 Å². The molecule has 0 radical (unpaired) electrons. The quantitative estimate of drug-likeness (QED) is 0.363. The molecular weight excluding hydrogens is 595 g/mol. The zero-order valence-corrected chi connectivity index (χ0v) is 28.0. The summed E-state index contributed by atoms with van der Waals surface area (Å²) < 4.78 is 57.6. The van der Waals surface area contributed by atoms with Crippen LogP contribution in [0.5, 0.6) is 0 Å². The Hall–Kier alpha value is -3.05. The zero-order chi connectivity index (χ0) is 31.8. The van der Waals surface area contributed by atoms with Crippen molar-refractivity contribution in [3.8, 4) is 0 Å². The Morgan fingerprint density at radius 2 is 1.20 bits per heavy atom. The lowest BCUT2D eigenvalue weighted by molar-refractivity contribution is 0.0697. The van der Waals surface area contributed by atoms with E-state index in [2.05, 4.69) is 12.1 Å². The summed E-state index contributed by atoms with van der Waals surface area (Å²) in [7, 11) is -7.50. The second-order valence-electron chi connectivity index (χ2n) is 12.2. The number of rotatable bonds is 7. The maximum Gasteiger partial charge on any atom is 0.253 e. The van der Waals surface area contributed by atoms with E-state index in [0.717, 1.165) is 47.1 Å². The Balaban J connectivity index is 1.24. The molecule has 2 aliphatic heterocycles. The van der Waals surface area contributed by atoms with Crippen molar-refractivity contribution in [1.29, 1.82) is 0 Å². The van der Waals surface area contributed by atoms with Gasteiger partial charge in [0.1, 0.15) is 0 Å². The van der Waals surface area contributed by atoms with Gasteiger partial charge in [0.15, 0.2) is 0 Å². The van der Waals surface area contributed by atoms with Crippen molar-refractivity contribution in [2.75, 3.05) is 39.3 Å². The van der Waals surface area contributed by atoms with Crippen LogP contribution >= 0.6 is 0 Å². The number of amides is 1. The minimum Gasteiger partial charge on any atom is -0.336 e. The third kappa shape index (κ3) is 6.22. The number of hydrogen-bond donors (Lipinski definition) is 0. The van der Waals surface area contributed by atoms with Gasteiger partial charge in [0.2, 0.25) is 20.0 Å². The minimum atomic E-state index is -3.75. The lowest BCUT2D eigenvalue weighted by Crippen LogP contribution is -2.50. The van der Waals surface area contributed by atoms with Crippen LogP contribution in [0, 0.1) is 40.5 Å². The number of carbonyl (C=O) groups is 1. The summed E-state index contributed by atoms with van der Waals surface area (Å²) in [5.41, 5.74) is 6.15. The summed E-state index contributed by atoms with van der Waals surface area (Å²) >= 11 is 0. The number of piperidine rings is 1. The highest BCUT2D eigenvalue weighted by Gasteiger charge is 2.34. The molecule has 0 N–H and O–H groups in total.